The molecule has 1 heterocycles. The molecule has 0 spiro atoms. The average Bonchev–Trinajstić information content (AvgIpc) is 2.18. The monoisotopic (exact) mass is 258 g/mol. The van der Waals surface area contributed by atoms with Crippen molar-refractivity contribution >= 4 is 21.7 Å². The van der Waals surface area contributed by atoms with Gasteiger partial charge in [-0.2, -0.15) is 0 Å². The van der Waals surface area contributed by atoms with Crippen molar-refractivity contribution in [3.05, 3.63) is 12.1 Å². The summed E-state index contributed by atoms with van der Waals surface area (Å²) < 4.78 is 24.1. The van der Waals surface area contributed by atoms with Gasteiger partial charge in [-0.3, -0.25) is 4.72 Å². The summed E-state index contributed by atoms with van der Waals surface area (Å²) in [7, 11) is -3.29. The summed E-state index contributed by atoms with van der Waals surface area (Å²) in [5.41, 5.74) is 0. The van der Waals surface area contributed by atoms with Crippen molar-refractivity contribution in [1.29, 1.82) is 0 Å². The maximum atomic E-state index is 10.9. The Balaban J connectivity index is 2.50. The van der Waals surface area contributed by atoms with Crippen LogP contribution in [0.4, 0.5) is 11.6 Å². The Kier molecular flexibility index (Phi) is 4.68. The largest absolute Gasteiger partial charge is 0.369 e. The summed E-state index contributed by atoms with van der Waals surface area (Å²) in [6, 6.07) is 3.27. The van der Waals surface area contributed by atoms with Crippen LogP contribution in [-0.4, -0.2) is 31.4 Å². The molecule has 0 saturated heterocycles. The van der Waals surface area contributed by atoms with Crippen LogP contribution >= 0.6 is 0 Å². The van der Waals surface area contributed by atoms with E-state index >= 15 is 0 Å². The molecule has 0 bridgehead atoms. The van der Waals surface area contributed by atoms with Gasteiger partial charge in [0.1, 0.15) is 5.82 Å². The lowest BCUT2D eigenvalue weighted by Crippen LogP contribution is -2.12. The van der Waals surface area contributed by atoms with Crippen molar-refractivity contribution in [2.75, 3.05) is 22.8 Å². The van der Waals surface area contributed by atoms with E-state index in [0.717, 1.165) is 19.2 Å². The number of hydrogen-bond donors (Lipinski definition) is 2. The number of aromatic nitrogens is 2. The van der Waals surface area contributed by atoms with Crippen LogP contribution in [0.2, 0.25) is 0 Å². The number of anilines is 2. The fourth-order valence-corrected chi connectivity index (χ4v) is 1.65. The number of rotatable bonds is 6. The molecule has 96 valence electrons. The maximum absolute atomic E-state index is 10.9. The minimum atomic E-state index is -3.29. The molecule has 2 N–H and O–H groups in total. The molecule has 1 aromatic rings. The molecule has 1 aromatic heterocycles. The van der Waals surface area contributed by atoms with Crippen LogP contribution in [-0.2, 0) is 10.0 Å². The zero-order valence-electron chi connectivity index (χ0n) is 10.3. The van der Waals surface area contributed by atoms with E-state index in [0.29, 0.717) is 11.7 Å². The summed E-state index contributed by atoms with van der Waals surface area (Å²) in [5.74, 6) is 1.49. The van der Waals surface area contributed by atoms with Crippen LogP contribution in [0.3, 0.4) is 0 Å². The molecule has 1 rings (SSSR count). The van der Waals surface area contributed by atoms with Crippen LogP contribution in [0, 0.1) is 5.92 Å². The highest BCUT2D eigenvalue weighted by Gasteiger charge is 2.03. The van der Waals surface area contributed by atoms with E-state index in [2.05, 4.69) is 34.1 Å². The van der Waals surface area contributed by atoms with Crippen molar-refractivity contribution in [2.24, 2.45) is 5.92 Å². The second-order valence-corrected chi connectivity index (χ2v) is 6.04. The van der Waals surface area contributed by atoms with E-state index in [4.69, 9.17) is 0 Å². The van der Waals surface area contributed by atoms with Gasteiger partial charge in [0.25, 0.3) is 0 Å². The smallest absolute Gasteiger partial charge is 0.231 e. The Bertz CT molecular complexity index is 442. The van der Waals surface area contributed by atoms with Crippen LogP contribution in [0.1, 0.15) is 20.3 Å². The second kappa shape index (κ2) is 5.81. The van der Waals surface area contributed by atoms with E-state index in [9.17, 15) is 8.42 Å². The SMILES string of the molecule is CC(C)CCNc1ccc(NS(C)(=O)=O)nn1. The van der Waals surface area contributed by atoms with Crippen LogP contribution in [0.25, 0.3) is 0 Å². The van der Waals surface area contributed by atoms with Gasteiger partial charge in [-0.05, 0) is 24.5 Å². The van der Waals surface area contributed by atoms with Gasteiger partial charge in [-0.1, -0.05) is 13.8 Å². The van der Waals surface area contributed by atoms with Gasteiger partial charge < -0.3 is 5.32 Å². The first-order valence-corrected chi connectivity index (χ1v) is 7.31. The van der Waals surface area contributed by atoms with E-state index in [1.165, 1.54) is 0 Å². The average molecular weight is 258 g/mol. The van der Waals surface area contributed by atoms with E-state index in [1.54, 1.807) is 12.1 Å². The first kappa shape index (κ1) is 13.7. The van der Waals surface area contributed by atoms with Crippen molar-refractivity contribution in [3.8, 4) is 0 Å². The van der Waals surface area contributed by atoms with Gasteiger partial charge in [-0.15, -0.1) is 10.2 Å². The van der Waals surface area contributed by atoms with Gasteiger partial charge in [0.05, 0.1) is 6.26 Å². The molecular formula is C10H18N4O2S. The van der Waals surface area contributed by atoms with E-state index < -0.39 is 10.0 Å². The standard InChI is InChI=1S/C10H18N4O2S/c1-8(2)6-7-11-9-4-5-10(13-12-9)14-17(3,15)16/h4-5,8H,6-7H2,1-3H3,(H,11,12)(H,13,14). The maximum Gasteiger partial charge on any atom is 0.231 e. The van der Waals surface area contributed by atoms with Crippen molar-refractivity contribution in [1.82, 2.24) is 10.2 Å². The highest BCUT2D eigenvalue weighted by Crippen LogP contribution is 2.08. The summed E-state index contributed by atoms with van der Waals surface area (Å²) in [5, 5.41) is 10.7. The van der Waals surface area contributed by atoms with Gasteiger partial charge in [0.2, 0.25) is 10.0 Å². The first-order valence-electron chi connectivity index (χ1n) is 5.42. The normalized spacial score (nSPS) is 11.5. The van der Waals surface area contributed by atoms with Crippen molar-refractivity contribution in [3.63, 3.8) is 0 Å². The topological polar surface area (TPSA) is 84.0 Å². The summed E-state index contributed by atoms with van der Waals surface area (Å²) in [6.45, 7) is 5.12. The molecule has 0 aromatic carbocycles. The van der Waals surface area contributed by atoms with Crippen LogP contribution in [0.5, 0.6) is 0 Å². The third kappa shape index (κ3) is 6.06. The third-order valence-corrected chi connectivity index (χ3v) is 2.56. The van der Waals surface area contributed by atoms with Gasteiger partial charge >= 0.3 is 0 Å². The number of sulfonamides is 1. The predicted octanol–water partition coefficient (Wildman–Crippen LogP) is 1.31. The van der Waals surface area contributed by atoms with E-state index in [-0.39, 0.29) is 5.82 Å². The Morgan fingerprint density at radius 2 is 1.82 bits per heavy atom. The molecular weight excluding hydrogens is 240 g/mol. The molecule has 0 aliphatic rings. The Labute approximate surface area is 102 Å². The highest BCUT2D eigenvalue weighted by atomic mass is 32.2. The molecule has 0 fully saturated rings. The number of nitrogens with one attached hydrogen (secondary N) is 2. The lowest BCUT2D eigenvalue weighted by atomic mass is 10.1. The minimum absolute atomic E-state index is 0.224. The quantitative estimate of drug-likeness (QED) is 0.803. The van der Waals surface area contributed by atoms with Gasteiger partial charge in [-0.25, -0.2) is 8.42 Å². The third-order valence-electron chi connectivity index (χ3n) is 1.98. The van der Waals surface area contributed by atoms with E-state index in [1.807, 2.05) is 0 Å². The Morgan fingerprint density at radius 1 is 1.24 bits per heavy atom. The van der Waals surface area contributed by atoms with Gasteiger partial charge in [0, 0.05) is 6.54 Å². The molecule has 0 aliphatic carbocycles. The molecule has 17 heavy (non-hydrogen) atoms. The molecule has 7 heteroatoms. The fraction of sp³-hybridized carbons (Fsp3) is 0.600. The number of hydrogen-bond acceptors (Lipinski definition) is 5. The number of nitrogens with zero attached hydrogens (tertiary/aromatic N) is 2. The minimum Gasteiger partial charge on any atom is -0.369 e. The predicted molar refractivity (Wildman–Crippen MR) is 68.4 cm³/mol. The second-order valence-electron chi connectivity index (χ2n) is 4.29. The zero-order chi connectivity index (χ0) is 12.9. The van der Waals surface area contributed by atoms with Crippen molar-refractivity contribution < 1.29 is 8.42 Å². The molecule has 0 aliphatic heterocycles. The molecule has 0 saturated carbocycles. The molecule has 0 amide bonds. The molecule has 0 unspecified atom stereocenters. The zero-order valence-corrected chi connectivity index (χ0v) is 11.1. The lowest BCUT2D eigenvalue weighted by Gasteiger charge is -2.07. The molecule has 0 radical (unpaired) electrons. The van der Waals surface area contributed by atoms with Gasteiger partial charge in [0.15, 0.2) is 5.82 Å². The molecule has 6 nitrogen and oxygen atoms in total. The van der Waals surface area contributed by atoms with Crippen molar-refractivity contribution in [2.45, 2.75) is 20.3 Å². The summed E-state index contributed by atoms with van der Waals surface area (Å²) in [4.78, 5) is 0. The van der Waals surface area contributed by atoms with Crippen LogP contribution in [0.15, 0.2) is 12.1 Å². The summed E-state index contributed by atoms with van der Waals surface area (Å²) >= 11 is 0. The lowest BCUT2D eigenvalue weighted by molar-refractivity contribution is 0.605. The Hall–Kier alpha value is -1.37. The first-order chi connectivity index (χ1) is 7.87. The van der Waals surface area contributed by atoms with Crippen LogP contribution < -0.4 is 10.0 Å². The molecule has 0 atom stereocenters. The summed E-state index contributed by atoms with van der Waals surface area (Å²) in [6.07, 6.45) is 2.12. The Morgan fingerprint density at radius 3 is 2.29 bits per heavy atom. The fourth-order valence-electron chi connectivity index (χ4n) is 1.16. The highest BCUT2D eigenvalue weighted by molar-refractivity contribution is 7.92.